The Morgan fingerprint density at radius 2 is 2.22 bits per heavy atom. The second kappa shape index (κ2) is 8.77. The zero-order chi connectivity index (χ0) is 22.9. The SMILES string of the molecule is C=C1C(C(C)(F)F)=CC(c2ccoc2)=CN1/C=C(\C)CC(=O)N1CCC(C2=CC=CC2)C1. The van der Waals surface area contributed by atoms with E-state index in [1.807, 2.05) is 11.8 Å². The van der Waals surface area contributed by atoms with Crippen molar-refractivity contribution < 1.29 is 18.0 Å². The largest absolute Gasteiger partial charge is 0.472 e. The summed E-state index contributed by atoms with van der Waals surface area (Å²) in [6.45, 7) is 8.08. The molecule has 1 aliphatic carbocycles. The first-order chi connectivity index (χ1) is 15.2. The number of amides is 1. The molecule has 0 radical (unpaired) electrons. The Labute approximate surface area is 187 Å². The van der Waals surface area contributed by atoms with Gasteiger partial charge in [-0.25, -0.2) is 8.78 Å². The van der Waals surface area contributed by atoms with E-state index in [9.17, 15) is 13.6 Å². The lowest BCUT2D eigenvalue weighted by Gasteiger charge is -2.30. The summed E-state index contributed by atoms with van der Waals surface area (Å²) in [5.41, 5.74) is 3.51. The highest BCUT2D eigenvalue weighted by atomic mass is 19.3. The molecule has 0 aromatic carbocycles. The Bertz CT molecular complexity index is 1050. The van der Waals surface area contributed by atoms with Gasteiger partial charge in [-0.2, -0.15) is 0 Å². The molecule has 1 amide bonds. The van der Waals surface area contributed by atoms with E-state index in [0.29, 0.717) is 17.1 Å². The number of hydrogen-bond acceptors (Lipinski definition) is 3. The van der Waals surface area contributed by atoms with Gasteiger partial charge >= 0.3 is 0 Å². The van der Waals surface area contributed by atoms with Crippen LogP contribution in [0.25, 0.3) is 5.57 Å². The highest BCUT2D eigenvalue weighted by molar-refractivity contribution is 5.79. The number of carbonyl (C=O) groups is 1. The van der Waals surface area contributed by atoms with Gasteiger partial charge in [0.15, 0.2) is 0 Å². The van der Waals surface area contributed by atoms with Crippen molar-refractivity contribution in [3.05, 3.63) is 89.9 Å². The molecule has 32 heavy (non-hydrogen) atoms. The first-order valence-corrected chi connectivity index (χ1v) is 10.8. The molecule has 1 saturated heterocycles. The molecular formula is C26H28F2N2O2. The number of nitrogens with zero attached hydrogens (tertiary/aromatic N) is 2. The normalized spacial score (nSPS) is 21.8. The zero-order valence-electron chi connectivity index (χ0n) is 18.5. The summed E-state index contributed by atoms with van der Waals surface area (Å²) in [4.78, 5) is 16.4. The molecule has 0 N–H and O–H groups in total. The average Bonchev–Trinajstić information content (AvgIpc) is 3.49. The van der Waals surface area contributed by atoms with Gasteiger partial charge in [0.05, 0.1) is 12.5 Å². The van der Waals surface area contributed by atoms with Gasteiger partial charge in [-0.3, -0.25) is 4.79 Å². The van der Waals surface area contributed by atoms with E-state index in [-0.39, 0.29) is 23.6 Å². The van der Waals surface area contributed by atoms with Gasteiger partial charge in [0, 0.05) is 61.2 Å². The highest BCUT2D eigenvalue weighted by Gasteiger charge is 2.34. The molecule has 1 unspecified atom stereocenters. The topological polar surface area (TPSA) is 36.7 Å². The average molecular weight is 439 g/mol. The van der Waals surface area contributed by atoms with E-state index in [1.54, 1.807) is 23.4 Å². The molecule has 0 saturated carbocycles. The van der Waals surface area contributed by atoms with Crippen LogP contribution in [0.1, 0.15) is 38.7 Å². The monoisotopic (exact) mass is 438 g/mol. The van der Waals surface area contributed by atoms with Gasteiger partial charge in [0.2, 0.25) is 5.91 Å². The van der Waals surface area contributed by atoms with Crippen LogP contribution >= 0.6 is 0 Å². The smallest absolute Gasteiger partial charge is 0.272 e. The second-order valence-electron chi connectivity index (χ2n) is 8.75. The van der Waals surface area contributed by atoms with E-state index >= 15 is 0 Å². The second-order valence-corrected chi connectivity index (χ2v) is 8.75. The van der Waals surface area contributed by atoms with Crippen LogP contribution in [0, 0.1) is 5.92 Å². The van der Waals surface area contributed by atoms with Crippen molar-refractivity contribution >= 4 is 11.5 Å². The lowest BCUT2D eigenvalue weighted by Crippen LogP contribution is -2.29. The fraction of sp³-hybridized carbons (Fsp3) is 0.346. The van der Waals surface area contributed by atoms with Crippen LogP contribution in [-0.2, 0) is 4.79 Å². The Balaban J connectivity index is 1.47. The van der Waals surface area contributed by atoms with E-state index in [1.165, 1.54) is 24.2 Å². The number of hydrogen-bond donors (Lipinski definition) is 0. The number of alkyl halides is 2. The predicted molar refractivity (Wildman–Crippen MR) is 121 cm³/mol. The van der Waals surface area contributed by atoms with Crippen molar-refractivity contribution in [2.45, 2.75) is 39.0 Å². The maximum atomic E-state index is 14.3. The number of carbonyl (C=O) groups excluding carboxylic acids is 1. The van der Waals surface area contributed by atoms with Crippen molar-refractivity contribution in [2.24, 2.45) is 5.92 Å². The number of rotatable bonds is 6. The Morgan fingerprint density at radius 1 is 1.41 bits per heavy atom. The number of allylic oxidation sites excluding steroid dienone is 6. The number of halogens is 2. The third kappa shape index (κ3) is 4.69. The maximum absolute atomic E-state index is 14.3. The maximum Gasteiger partial charge on any atom is 0.272 e. The molecule has 0 spiro atoms. The minimum atomic E-state index is -3.05. The van der Waals surface area contributed by atoms with Crippen molar-refractivity contribution in [3.8, 4) is 0 Å². The predicted octanol–water partition coefficient (Wildman–Crippen LogP) is 6.06. The van der Waals surface area contributed by atoms with Crippen molar-refractivity contribution in [1.29, 1.82) is 0 Å². The molecule has 4 nitrogen and oxygen atoms in total. The highest BCUT2D eigenvalue weighted by Crippen LogP contribution is 2.38. The number of furan rings is 1. The first-order valence-electron chi connectivity index (χ1n) is 10.8. The standard InChI is InChI=1S/C26H28F2N2O2/c1-18(12-25(31)29-10-8-21(15-29)20-6-4-5-7-20)14-30-16-23(22-9-11-32-17-22)13-24(19(30)2)26(3,27)28/h4-6,9,11,13-14,16-17,21H,2,7-8,10,12,15H2,1,3H3/b18-14+. The zero-order valence-corrected chi connectivity index (χ0v) is 18.5. The van der Waals surface area contributed by atoms with Gasteiger partial charge in [-0.1, -0.05) is 30.4 Å². The molecule has 4 rings (SSSR count). The Hall–Kier alpha value is -3.15. The van der Waals surface area contributed by atoms with Gasteiger partial charge in [-0.05, 0) is 43.4 Å². The summed E-state index contributed by atoms with van der Waals surface area (Å²) in [5, 5.41) is 0. The third-order valence-corrected chi connectivity index (χ3v) is 6.18. The minimum absolute atomic E-state index is 0.0612. The van der Waals surface area contributed by atoms with E-state index < -0.39 is 5.92 Å². The molecule has 0 bridgehead atoms. The van der Waals surface area contributed by atoms with Crippen LogP contribution in [0.4, 0.5) is 8.78 Å². The fourth-order valence-electron chi connectivity index (χ4n) is 4.41. The summed E-state index contributed by atoms with van der Waals surface area (Å²) >= 11 is 0. The van der Waals surface area contributed by atoms with Gasteiger partial charge < -0.3 is 14.2 Å². The Kier molecular flexibility index (Phi) is 6.04. The summed E-state index contributed by atoms with van der Waals surface area (Å²) in [6, 6.07) is 1.72. The van der Waals surface area contributed by atoms with Crippen molar-refractivity contribution in [2.75, 3.05) is 13.1 Å². The van der Waals surface area contributed by atoms with Crippen LogP contribution in [0.3, 0.4) is 0 Å². The molecule has 1 atom stereocenters. The Morgan fingerprint density at radius 3 is 2.88 bits per heavy atom. The quantitative estimate of drug-likeness (QED) is 0.542. The lowest BCUT2D eigenvalue weighted by atomic mass is 9.97. The van der Waals surface area contributed by atoms with E-state index in [4.69, 9.17) is 4.42 Å². The number of likely N-dealkylation sites (tertiary alicyclic amines) is 1. The van der Waals surface area contributed by atoms with Gasteiger partial charge in [-0.15, -0.1) is 0 Å². The van der Waals surface area contributed by atoms with Crippen molar-refractivity contribution in [3.63, 3.8) is 0 Å². The summed E-state index contributed by atoms with van der Waals surface area (Å²) in [6.07, 6.45) is 16.5. The lowest BCUT2D eigenvalue weighted by molar-refractivity contribution is -0.129. The van der Waals surface area contributed by atoms with E-state index in [0.717, 1.165) is 38.4 Å². The minimum Gasteiger partial charge on any atom is -0.472 e. The first kappa shape index (κ1) is 22.1. The molecule has 3 aliphatic rings. The molecule has 1 aromatic rings. The molecule has 168 valence electrons. The van der Waals surface area contributed by atoms with Crippen LogP contribution < -0.4 is 0 Å². The van der Waals surface area contributed by atoms with Crippen LogP contribution in [-0.4, -0.2) is 34.7 Å². The van der Waals surface area contributed by atoms with Crippen LogP contribution in [0.15, 0.2) is 88.7 Å². The molecule has 2 aliphatic heterocycles. The van der Waals surface area contributed by atoms with Crippen LogP contribution in [0.2, 0.25) is 0 Å². The van der Waals surface area contributed by atoms with Gasteiger partial charge in [0.1, 0.15) is 0 Å². The summed E-state index contributed by atoms with van der Waals surface area (Å²) < 4.78 is 33.6. The molecular weight excluding hydrogens is 410 g/mol. The summed E-state index contributed by atoms with van der Waals surface area (Å²) in [7, 11) is 0. The summed E-state index contributed by atoms with van der Waals surface area (Å²) in [5.74, 6) is -2.56. The van der Waals surface area contributed by atoms with Crippen molar-refractivity contribution in [1.82, 2.24) is 9.80 Å². The fourth-order valence-corrected chi connectivity index (χ4v) is 4.41. The third-order valence-electron chi connectivity index (χ3n) is 6.18. The van der Waals surface area contributed by atoms with Gasteiger partial charge in [0.25, 0.3) is 5.92 Å². The molecule has 3 heterocycles. The molecule has 6 heteroatoms. The van der Waals surface area contributed by atoms with Crippen LogP contribution in [0.5, 0.6) is 0 Å². The molecule has 1 aromatic heterocycles. The van der Waals surface area contributed by atoms with E-state index in [2.05, 4.69) is 24.8 Å². The molecule has 1 fully saturated rings.